The Bertz CT molecular complexity index is 1780. The highest BCUT2D eigenvalue weighted by molar-refractivity contribution is 7.92. The Balaban J connectivity index is 0.00000442. The maximum Gasteiger partial charge on any atom is 0.316 e. The monoisotopic (exact) mass is 614 g/mol. The van der Waals surface area contributed by atoms with Crippen LogP contribution in [-0.2, 0) is 15.4 Å². The maximum absolute atomic E-state index is 13.4. The van der Waals surface area contributed by atoms with E-state index in [2.05, 4.69) is 50.4 Å². The Morgan fingerprint density at radius 2 is 1.45 bits per heavy atom. The lowest BCUT2D eigenvalue weighted by Gasteiger charge is -2.19. The van der Waals surface area contributed by atoms with Gasteiger partial charge in [-0.15, -0.1) is 0 Å². The highest BCUT2D eigenvalue weighted by Gasteiger charge is 2.22. The van der Waals surface area contributed by atoms with Gasteiger partial charge in [0.15, 0.2) is 5.82 Å². The summed E-state index contributed by atoms with van der Waals surface area (Å²) in [6.45, 7) is 8.41. The van der Waals surface area contributed by atoms with Gasteiger partial charge >= 0.3 is 6.01 Å². The van der Waals surface area contributed by atoms with Crippen molar-refractivity contribution in [1.29, 1.82) is 0 Å². The second-order valence-electron chi connectivity index (χ2n) is 10.8. The fraction of sp³-hybridized carbons (Fsp3) is 0.219. The minimum absolute atomic E-state index is 0. The summed E-state index contributed by atoms with van der Waals surface area (Å²) in [4.78, 5) is 21.5. The molecule has 0 aliphatic rings. The molecule has 0 saturated heterocycles. The first-order valence-electron chi connectivity index (χ1n) is 13.6. The van der Waals surface area contributed by atoms with Crippen LogP contribution in [0.3, 0.4) is 0 Å². The van der Waals surface area contributed by atoms with Gasteiger partial charge in [-0.1, -0.05) is 68.8 Å². The first kappa shape index (κ1) is 32.0. The molecule has 3 heterocycles. The van der Waals surface area contributed by atoms with Crippen LogP contribution < -0.4 is 14.2 Å². The molecule has 0 aliphatic heterocycles. The Morgan fingerprint density at radius 3 is 2.09 bits per heavy atom. The molecule has 11 nitrogen and oxygen atoms in total. The van der Waals surface area contributed by atoms with Crippen molar-refractivity contribution in [2.45, 2.75) is 38.0 Å². The van der Waals surface area contributed by atoms with Crippen LogP contribution in [0.5, 0.6) is 11.9 Å². The number of aromatic nitrogens is 5. The summed E-state index contributed by atoms with van der Waals surface area (Å²) >= 11 is 0. The Morgan fingerprint density at radius 1 is 0.773 bits per heavy atom. The number of hydrogen-bond acceptors (Lipinski definition) is 9. The van der Waals surface area contributed by atoms with E-state index in [0.29, 0.717) is 11.1 Å². The van der Waals surface area contributed by atoms with Gasteiger partial charge in [-0.25, -0.2) is 28.4 Å². The molecule has 44 heavy (non-hydrogen) atoms. The average molecular weight is 615 g/mol. The van der Waals surface area contributed by atoms with E-state index in [9.17, 15) is 8.42 Å². The van der Waals surface area contributed by atoms with Crippen LogP contribution >= 0.6 is 0 Å². The van der Waals surface area contributed by atoms with Gasteiger partial charge in [-0.2, -0.15) is 0 Å². The molecule has 3 aromatic heterocycles. The van der Waals surface area contributed by atoms with Crippen molar-refractivity contribution in [2.24, 2.45) is 0 Å². The first-order chi connectivity index (χ1) is 20.6. The van der Waals surface area contributed by atoms with Gasteiger partial charge in [0.05, 0.1) is 16.2 Å². The van der Waals surface area contributed by atoms with Crippen molar-refractivity contribution >= 4 is 15.8 Å². The van der Waals surface area contributed by atoms with Crippen molar-refractivity contribution in [3.8, 4) is 34.3 Å². The van der Waals surface area contributed by atoms with E-state index in [-0.39, 0.29) is 46.7 Å². The third kappa shape index (κ3) is 7.71. The largest absolute Gasteiger partial charge is 0.473 e. The number of aryl methyl sites for hydroxylation is 1. The van der Waals surface area contributed by atoms with Crippen LogP contribution in [0, 0.1) is 6.92 Å². The number of rotatable bonds is 10. The molecule has 0 unspecified atom stereocenters. The number of sulfonamides is 1. The van der Waals surface area contributed by atoms with Crippen LogP contribution in [0.4, 0.5) is 5.82 Å². The molecule has 0 fully saturated rings. The van der Waals surface area contributed by atoms with Gasteiger partial charge in [-0.05, 0) is 47.7 Å². The van der Waals surface area contributed by atoms with E-state index in [0.717, 1.165) is 22.4 Å². The van der Waals surface area contributed by atoms with E-state index in [1.54, 1.807) is 30.7 Å². The summed E-state index contributed by atoms with van der Waals surface area (Å²) in [5.74, 6) is 0.303. The van der Waals surface area contributed by atoms with Gasteiger partial charge in [0.2, 0.25) is 5.88 Å². The van der Waals surface area contributed by atoms with Crippen LogP contribution in [0.1, 0.15) is 31.9 Å². The lowest BCUT2D eigenvalue weighted by molar-refractivity contribution is 0.202. The average Bonchev–Trinajstić information content (AvgIpc) is 3.00. The zero-order chi connectivity index (χ0) is 30.5. The highest BCUT2D eigenvalue weighted by atomic mass is 32.2. The molecule has 0 atom stereocenters. The third-order valence-corrected chi connectivity index (χ3v) is 7.91. The molecule has 0 amide bonds. The molecular formula is C32H34N6O5S. The van der Waals surface area contributed by atoms with Crippen molar-refractivity contribution in [2.75, 3.05) is 17.9 Å². The second-order valence-corrected chi connectivity index (χ2v) is 12.5. The number of benzene rings is 2. The molecule has 0 spiro atoms. The Labute approximate surface area is 256 Å². The minimum atomic E-state index is -3.96. The van der Waals surface area contributed by atoms with Crippen molar-refractivity contribution < 1.29 is 23.4 Å². The van der Waals surface area contributed by atoms with Gasteiger partial charge in [-0.3, -0.25) is 9.71 Å². The molecule has 12 heteroatoms. The molecule has 2 aromatic carbocycles. The van der Waals surface area contributed by atoms with Gasteiger partial charge < -0.3 is 14.9 Å². The van der Waals surface area contributed by atoms with Crippen LogP contribution in [0.15, 0.2) is 96.5 Å². The topological polar surface area (TPSA) is 161 Å². The minimum Gasteiger partial charge on any atom is -0.473 e. The molecule has 0 radical (unpaired) electrons. The summed E-state index contributed by atoms with van der Waals surface area (Å²) < 4.78 is 41.1. The van der Waals surface area contributed by atoms with E-state index >= 15 is 0 Å². The Kier molecular flexibility index (Phi) is 9.87. The van der Waals surface area contributed by atoms with E-state index in [1.807, 2.05) is 61.5 Å². The number of ether oxygens (including phenoxy) is 2. The number of pyridine rings is 1. The van der Waals surface area contributed by atoms with Crippen molar-refractivity contribution in [3.63, 3.8) is 0 Å². The molecule has 0 bridgehead atoms. The van der Waals surface area contributed by atoms with E-state index in [4.69, 9.17) is 9.47 Å². The Hall–Kier alpha value is -4.94. The van der Waals surface area contributed by atoms with Gasteiger partial charge in [0.25, 0.3) is 10.0 Å². The van der Waals surface area contributed by atoms with Crippen LogP contribution in [0.2, 0.25) is 0 Å². The third-order valence-electron chi connectivity index (χ3n) is 6.56. The molecule has 5 rings (SSSR count). The lowest BCUT2D eigenvalue weighted by Crippen LogP contribution is -2.17. The van der Waals surface area contributed by atoms with Crippen molar-refractivity contribution in [3.05, 3.63) is 103 Å². The fourth-order valence-electron chi connectivity index (χ4n) is 4.18. The summed E-state index contributed by atoms with van der Waals surface area (Å²) in [5.41, 5.74) is 4.61. The molecule has 5 aromatic rings. The lowest BCUT2D eigenvalue weighted by atomic mass is 9.87. The highest BCUT2D eigenvalue weighted by Crippen LogP contribution is 2.35. The SMILES string of the molecule is Cc1ccc(-c2c(NS(=O)(=O)c3ccc(C(C)(C)C)cc3)ncnc2OCCOc2ncc(-c3ccccn3)cn2)cc1.O. The van der Waals surface area contributed by atoms with Crippen LogP contribution in [-0.4, -0.2) is 52.0 Å². The van der Waals surface area contributed by atoms with E-state index in [1.165, 1.54) is 6.33 Å². The number of hydrogen-bond donors (Lipinski definition) is 1. The second kappa shape index (κ2) is 13.6. The predicted molar refractivity (Wildman–Crippen MR) is 168 cm³/mol. The summed E-state index contributed by atoms with van der Waals surface area (Å²) in [5, 5.41) is 0. The zero-order valence-electron chi connectivity index (χ0n) is 24.9. The van der Waals surface area contributed by atoms with Crippen LogP contribution in [0.25, 0.3) is 22.4 Å². The number of anilines is 1. The molecular weight excluding hydrogens is 580 g/mol. The number of nitrogens with zero attached hydrogens (tertiary/aromatic N) is 5. The fourth-order valence-corrected chi connectivity index (χ4v) is 5.21. The quantitative estimate of drug-likeness (QED) is 0.213. The smallest absolute Gasteiger partial charge is 0.316 e. The predicted octanol–water partition coefficient (Wildman–Crippen LogP) is 5.04. The summed E-state index contributed by atoms with van der Waals surface area (Å²) in [7, 11) is -3.96. The van der Waals surface area contributed by atoms with Gasteiger partial charge in [0.1, 0.15) is 19.5 Å². The molecule has 0 aliphatic carbocycles. The normalized spacial score (nSPS) is 11.4. The summed E-state index contributed by atoms with van der Waals surface area (Å²) in [6, 6.07) is 20.2. The van der Waals surface area contributed by atoms with Crippen molar-refractivity contribution in [1.82, 2.24) is 24.9 Å². The maximum atomic E-state index is 13.4. The molecule has 228 valence electrons. The number of nitrogens with one attached hydrogen (secondary N) is 1. The summed E-state index contributed by atoms with van der Waals surface area (Å²) in [6.07, 6.45) is 6.24. The first-order valence-corrected chi connectivity index (χ1v) is 15.1. The van der Waals surface area contributed by atoms with Gasteiger partial charge in [0, 0.05) is 24.2 Å². The molecule has 3 N–H and O–H groups in total. The molecule has 0 saturated carbocycles. The van der Waals surface area contributed by atoms with E-state index < -0.39 is 10.0 Å². The zero-order valence-corrected chi connectivity index (χ0v) is 25.7. The standard InChI is InChI=1S/C32H32N6O4S.H2O/c1-22-8-10-23(11-9-22)28-29(38-43(39,40)26-14-12-25(13-15-26)32(2,3)4)36-21-37-30(28)41-17-18-42-31-34-19-24(20-35-31)27-7-5-6-16-33-27;/h5-16,19-21H,17-18H2,1-4H3,(H,36,37,38);1H2.